The van der Waals surface area contributed by atoms with Gasteiger partial charge < -0.3 is 14.8 Å². The molecule has 0 aliphatic heterocycles. The SMILES string of the molecule is CCOC(=O)CCCNC(=O)OC1(C(C)C)CCCCC1. The van der Waals surface area contributed by atoms with Gasteiger partial charge in [0, 0.05) is 13.0 Å². The van der Waals surface area contributed by atoms with Crippen molar-refractivity contribution >= 4 is 12.1 Å². The van der Waals surface area contributed by atoms with E-state index in [1.54, 1.807) is 6.92 Å². The largest absolute Gasteiger partial charge is 0.466 e. The molecule has 0 spiro atoms. The lowest BCUT2D eigenvalue weighted by atomic mass is 9.77. The zero-order valence-corrected chi connectivity index (χ0v) is 13.6. The molecule has 1 aliphatic carbocycles. The van der Waals surface area contributed by atoms with Gasteiger partial charge in [0.2, 0.25) is 0 Å². The molecule has 1 aliphatic rings. The number of rotatable bonds is 7. The number of alkyl carbamates (subject to hydrolysis) is 1. The standard InChI is InChI=1S/C16H29NO4/c1-4-20-14(18)9-8-12-17-15(19)21-16(13(2)3)10-6-5-7-11-16/h13H,4-12H2,1-3H3,(H,17,19). The van der Waals surface area contributed by atoms with Gasteiger partial charge in [-0.15, -0.1) is 0 Å². The third kappa shape index (κ3) is 5.94. The first-order valence-corrected chi connectivity index (χ1v) is 8.12. The Balaban J connectivity index is 2.29. The molecule has 0 atom stereocenters. The number of ether oxygens (including phenoxy) is 2. The fourth-order valence-corrected chi connectivity index (χ4v) is 2.82. The van der Waals surface area contributed by atoms with Crippen molar-refractivity contribution in [2.45, 2.75) is 71.3 Å². The van der Waals surface area contributed by atoms with Gasteiger partial charge in [0.1, 0.15) is 5.60 Å². The summed E-state index contributed by atoms with van der Waals surface area (Å²) >= 11 is 0. The predicted molar refractivity (Wildman–Crippen MR) is 81.0 cm³/mol. The van der Waals surface area contributed by atoms with Crippen molar-refractivity contribution < 1.29 is 19.1 Å². The summed E-state index contributed by atoms with van der Waals surface area (Å²) in [6.07, 6.45) is 5.88. The third-order valence-corrected chi connectivity index (χ3v) is 4.18. The van der Waals surface area contributed by atoms with Crippen molar-refractivity contribution in [3.05, 3.63) is 0 Å². The van der Waals surface area contributed by atoms with Crippen molar-refractivity contribution in [1.82, 2.24) is 5.32 Å². The number of esters is 1. The average molecular weight is 299 g/mol. The van der Waals surface area contributed by atoms with Gasteiger partial charge in [-0.1, -0.05) is 20.3 Å². The molecule has 0 aromatic heterocycles. The lowest BCUT2D eigenvalue weighted by Crippen LogP contribution is -2.45. The lowest BCUT2D eigenvalue weighted by molar-refractivity contribution is -0.143. The minimum Gasteiger partial charge on any atom is -0.466 e. The van der Waals surface area contributed by atoms with Crippen LogP contribution < -0.4 is 5.32 Å². The monoisotopic (exact) mass is 299 g/mol. The minimum atomic E-state index is -0.366. The number of amides is 1. The predicted octanol–water partition coefficient (Wildman–Crippen LogP) is 3.41. The number of nitrogens with one attached hydrogen (secondary N) is 1. The van der Waals surface area contributed by atoms with E-state index in [1.165, 1.54) is 6.42 Å². The fraction of sp³-hybridized carbons (Fsp3) is 0.875. The van der Waals surface area contributed by atoms with Crippen LogP contribution in [0.25, 0.3) is 0 Å². The average Bonchev–Trinajstić information content (AvgIpc) is 2.45. The maximum Gasteiger partial charge on any atom is 0.407 e. The van der Waals surface area contributed by atoms with Crippen molar-refractivity contribution in [2.75, 3.05) is 13.2 Å². The molecule has 1 fully saturated rings. The molecule has 1 amide bonds. The maximum absolute atomic E-state index is 11.9. The first-order valence-electron chi connectivity index (χ1n) is 8.12. The van der Waals surface area contributed by atoms with Crippen LogP contribution in [-0.2, 0) is 14.3 Å². The van der Waals surface area contributed by atoms with E-state index in [1.807, 2.05) is 0 Å². The van der Waals surface area contributed by atoms with E-state index in [9.17, 15) is 9.59 Å². The normalized spacial score (nSPS) is 17.3. The van der Waals surface area contributed by atoms with Crippen LogP contribution in [0, 0.1) is 5.92 Å². The molecule has 5 nitrogen and oxygen atoms in total. The zero-order chi connectivity index (χ0) is 15.7. The Bertz CT molecular complexity index is 335. The Morgan fingerprint density at radius 1 is 1.19 bits per heavy atom. The molecule has 0 unspecified atom stereocenters. The summed E-state index contributed by atoms with van der Waals surface area (Å²) in [5, 5.41) is 2.74. The molecule has 5 heteroatoms. The third-order valence-electron chi connectivity index (χ3n) is 4.18. The van der Waals surface area contributed by atoms with Gasteiger partial charge in [0.05, 0.1) is 6.61 Å². The van der Waals surface area contributed by atoms with Crippen LogP contribution in [0.2, 0.25) is 0 Å². The van der Waals surface area contributed by atoms with Crippen LogP contribution in [0.4, 0.5) is 4.79 Å². The highest BCUT2D eigenvalue weighted by atomic mass is 16.6. The van der Waals surface area contributed by atoms with Gasteiger partial charge in [0.25, 0.3) is 0 Å². The summed E-state index contributed by atoms with van der Waals surface area (Å²) in [6, 6.07) is 0. The van der Waals surface area contributed by atoms with Crippen molar-refractivity contribution in [3.63, 3.8) is 0 Å². The smallest absolute Gasteiger partial charge is 0.407 e. The summed E-state index contributed by atoms with van der Waals surface area (Å²) < 4.78 is 10.6. The topological polar surface area (TPSA) is 64.6 Å². The number of carbonyl (C=O) groups excluding carboxylic acids is 2. The van der Waals surface area contributed by atoms with Crippen LogP contribution in [0.1, 0.15) is 65.7 Å². The van der Waals surface area contributed by atoms with Crippen molar-refractivity contribution in [2.24, 2.45) is 5.92 Å². The van der Waals surface area contributed by atoms with E-state index in [0.717, 1.165) is 25.7 Å². The Morgan fingerprint density at radius 2 is 1.86 bits per heavy atom. The van der Waals surface area contributed by atoms with E-state index in [2.05, 4.69) is 19.2 Å². The second kappa shape index (κ2) is 8.90. The second-order valence-corrected chi connectivity index (χ2v) is 6.01. The Kier molecular flexibility index (Phi) is 7.54. The van der Waals surface area contributed by atoms with Crippen molar-refractivity contribution in [3.8, 4) is 0 Å². The molecule has 0 saturated heterocycles. The molecule has 1 rings (SSSR count). The molecule has 0 aromatic rings. The van der Waals surface area contributed by atoms with Gasteiger partial charge in [-0.05, 0) is 44.9 Å². The van der Waals surface area contributed by atoms with Crippen molar-refractivity contribution in [1.29, 1.82) is 0 Å². The van der Waals surface area contributed by atoms with Gasteiger partial charge in [-0.25, -0.2) is 4.79 Å². The molecular weight excluding hydrogens is 270 g/mol. The molecule has 122 valence electrons. The quantitative estimate of drug-likeness (QED) is 0.578. The van der Waals surface area contributed by atoms with E-state index in [0.29, 0.717) is 31.9 Å². The van der Waals surface area contributed by atoms with Gasteiger partial charge >= 0.3 is 12.1 Å². The van der Waals surface area contributed by atoms with E-state index in [-0.39, 0.29) is 17.7 Å². The number of carbonyl (C=O) groups is 2. The molecule has 0 radical (unpaired) electrons. The lowest BCUT2D eigenvalue weighted by Gasteiger charge is -2.40. The summed E-state index contributed by atoms with van der Waals surface area (Å²) in [6.45, 7) is 6.83. The van der Waals surface area contributed by atoms with E-state index < -0.39 is 0 Å². The summed E-state index contributed by atoms with van der Waals surface area (Å²) in [5.74, 6) is 0.0988. The van der Waals surface area contributed by atoms with E-state index >= 15 is 0 Å². The Labute approximate surface area is 127 Å². The Morgan fingerprint density at radius 3 is 2.43 bits per heavy atom. The highest BCUT2D eigenvalue weighted by Crippen LogP contribution is 2.37. The van der Waals surface area contributed by atoms with Crippen LogP contribution in [0.5, 0.6) is 0 Å². The summed E-state index contributed by atoms with van der Waals surface area (Å²) in [7, 11) is 0. The fourth-order valence-electron chi connectivity index (χ4n) is 2.82. The molecule has 1 N–H and O–H groups in total. The summed E-state index contributed by atoms with van der Waals surface area (Å²) in [5.41, 5.74) is -0.316. The number of hydrogen-bond donors (Lipinski definition) is 1. The molecule has 0 bridgehead atoms. The summed E-state index contributed by atoms with van der Waals surface area (Å²) in [4.78, 5) is 23.1. The van der Waals surface area contributed by atoms with Crippen LogP contribution in [0.3, 0.4) is 0 Å². The van der Waals surface area contributed by atoms with Crippen LogP contribution in [0.15, 0.2) is 0 Å². The van der Waals surface area contributed by atoms with Crippen LogP contribution >= 0.6 is 0 Å². The van der Waals surface area contributed by atoms with Gasteiger partial charge in [0.15, 0.2) is 0 Å². The number of hydrogen-bond acceptors (Lipinski definition) is 4. The maximum atomic E-state index is 11.9. The zero-order valence-electron chi connectivity index (χ0n) is 13.6. The second-order valence-electron chi connectivity index (χ2n) is 6.01. The molecule has 1 saturated carbocycles. The van der Waals surface area contributed by atoms with Crippen LogP contribution in [-0.4, -0.2) is 30.8 Å². The molecule has 0 heterocycles. The molecular formula is C16H29NO4. The van der Waals surface area contributed by atoms with Gasteiger partial charge in [-0.2, -0.15) is 0 Å². The minimum absolute atomic E-state index is 0.224. The first-order chi connectivity index (χ1) is 10.00. The first kappa shape index (κ1) is 17.8. The highest BCUT2D eigenvalue weighted by molar-refractivity contribution is 5.70. The molecule has 21 heavy (non-hydrogen) atoms. The molecule has 0 aromatic carbocycles. The van der Waals surface area contributed by atoms with E-state index in [4.69, 9.17) is 9.47 Å². The van der Waals surface area contributed by atoms with Gasteiger partial charge in [-0.3, -0.25) is 4.79 Å². The Hall–Kier alpha value is -1.26. The highest BCUT2D eigenvalue weighted by Gasteiger charge is 2.38.